The Kier molecular flexibility index (Phi) is 3.57. The Bertz CT molecular complexity index is 401. The van der Waals surface area contributed by atoms with Crippen LogP contribution in [0.1, 0.15) is 15.9 Å². The number of carboxylic acids is 1. The first kappa shape index (κ1) is 11.8. The molecule has 1 N–H and O–H groups in total. The standard InChI is InChI=1S/C10H11BrO4/c1-5-8(11)6(10(12)13)4-7(14-2)9(5)15-3/h4H,1-3H3,(H,12,13). The van der Waals surface area contributed by atoms with Gasteiger partial charge in [-0.25, -0.2) is 4.79 Å². The number of hydrogen-bond donors (Lipinski definition) is 1. The fourth-order valence-electron chi connectivity index (χ4n) is 1.31. The molecular formula is C10H11BrO4. The third kappa shape index (κ3) is 2.07. The maximum Gasteiger partial charge on any atom is 0.336 e. The first-order valence-corrected chi connectivity index (χ1v) is 4.96. The molecule has 15 heavy (non-hydrogen) atoms. The monoisotopic (exact) mass is 274 g/mol. The molecule has 0 saturated heterocycles. The lowest BCUT2D eigenvalue weighted by atomic mass is 10.1. The zero-order valence-corrected chi connectivity index (χ0v) is 10.2. The Hall–Kier alpha value is -1.23. The molecular weight excluding hydrogens is 264 g/mol. The molecule has 0 saturated carbocycles. The van der Waals surface area contributed by atoms with Gasteiger partial charge in [0.15, 0.2) is 11.5 Å². The predicted octanol–water partition coefficient (Wildman–Crippen LogP) is 2.47. The molecule has 4 nitrogen and oxygen atoms in total. The number of methoxy groups -OCH3 is 2. The SMILES string of the molecule is COc1cc(C(=O)O)c(Br)c(C)c1OC. The summed E-state index contributed by atoms with van der Waals surface area (Å²) < 4.78 is 10.7. The van der Waals surface area contributed by atoms with Gasteiger partial charge in [-0.15, -0.1) is 0 Å². The number of aromatic carboxylic acids is 1. The van der Waals surface area contributed by atoms with Crippen LogP contribution in [0.3, 0.4) is 0 Å². The molecule has 0 aliphatic heterocycles. The molecule has 0 bridgehead atoms. The molecule has 1 aromatic carbocycles. The van der Waals surface area contributed by atoms with Gasteiger partial charge in [0.2, 0.25) is 0 Å². The van der Waals surface area contributed by atoms with Crippen LogP contribution in [0, 0.1) is 6.92 Å². The maximum absolute atomic E-state index is 10.9. The van der Waals surface area contributed by atoms with Crippen LogP contribution in [0.15, 0.2) is 10.5 Å². The summed E-state index contributed by atoms with van der Waals surface area (Å²) in [7, 11) is 2.98. The number of carbonyl (C=O) groups is 1. The van der Waals surface area contributed by atoms with Crippen molar-refractivity contribution in [2.45, 2.75) is 6.92 Å². The first-order valence-electron chi connectivity index (χ1n) is 4.17. The largest absolute Gasteiger partial charge is 0.493 e. The van der Waals surface area contributed by atoms with E-state index in [2.05, 4.69) is 15.9 Å². The number of benzene rings is 1. The van der Waals surface area contributed by atoms with Gasteiger partial charge in [0, 0.05) is 10.0 Å². The van der Waals surface area contributed by atoms with Crippen LogP contribution >= 0.6 is 15.9 Å². The number of hydrogen-bond acceptors (Lipinski definition) is 3. The molecule has 0 atom stereocenters. The topological polar surface area (TPSA) is 55.8 Å². The van der Waals surface area contributed by atoms with Gasteiger partial charge in [-0.05, 0) is 28.9 Å². The van der Waals surface area contributed by atoms with Crippen molar-refractivity contribution in [3.8, 4) is 11.5 Å². The van der Waals surface area contributed by atoms with Crippen molar-refractivity contribution in [3.63, 3.8) is 0 Å². The van der Waals surface area contributed by atoms with Gasteiger partial charge < -0.3 is 14.6 Å². The highest BCUT2D eigenvalue weighted by molar-refractivity contribution is 9.10. The van der Waals surface area contributed by atoms with E-state index in [0.29, 0.717) is 21.5 Å². The number of carboxylic acid groups (broad SMARTS) is 1. The van der Waals surface area contributed by atoms with Crippen molar-refractivity contribution in [2.24, 2.45) is 0 Å². The molecule has 0 amide bonds. The Morgan fingerprint density at radius 3 is 2.40 bits per heavy atom. The Morgan fingerprint density at radius 1 is 1.40 bits per heavy atom. The fourth-order valence-corrected chi connectivity index (χ4v) is 1.77. The molecule has 0 spiro atoms. The highest BCUT2D eigenvalue weighted by Crippen LogP contribution is 2.37. The highest BCUT2D eigenvalue weighted by atomic mass is 79.9. The third-order valence-electron chi connectivity index (χ3n) is 2.06. The molecule has 0 heterocycles. The average molecular weight is 275 g/mol. The van der Waals surface area contributed by atoms with Crippen molar-refractivity contribution in [1.82, 2.24) is 0 Å². The third-order valence-corrected chi connectivity index (χ3v) is 3.08. The Labute approximate surface area is 95.9 Å². The normalized spacial score (nSPS) is 9.87. The van der Waals surface area contributed by atoms with Gasteiger partial charge in [-0.3, -0.25) is 0 Å². The predicted molar refractivity (Wildman–Crippen MR) is 58.9 cm³/mol. The van der Waals surface area contributed by atoms with Crippen molar-refractivity contribution in [2.75, 3.05) is 14.2 Å². The van der Waals surface area contributed by atoms with E-state index in [1.807, 2.05) is 0 Å². The fraction of sp³-hybridized carbons (Fsp3) is 0.300. The van der Waals surface area contributed by atoms with Crippen LogP contribution in [-0.4, -0.2) is 25.3 Å². The zero-order chi connectivity index (χ0) is 11.6. The summed E-state index contributed by atoms with van der Waals surface area (Å²) >= 11 is 3.22. The van der Waals surface area contributed by atoms with Gasteiger partial charge in [0.1, 0.15) is 0 Å². The summed E-state index contributed by atoms with van der Waals surface area (Å²) in [6, 6.07) is 1.43. The van der Waals surface area contributed by atoms with E-state index in [1.165, 1.54) is 20.3 Å². The molecule has 0 aromatic heterocycles. The van der Waals surface area contributed by atoms with Gasteiger partial charge in [0.05, 0.1) is 19.8 Å². The second kappa shape index (κ2) is 4.53. The molecule has 0 fully saturated rings. The number of halogens is 1. The second-order valence-corrected chi connectivity index (χ2v) is 3.70. The van der Waals surface area contributed by atoms with E-state index >= 15 is 0 Å². The molecule has 0 unspecified atom stereocenters. The second-order valence-electron chi connectivity index (χ2n) is 2.90. The maximum atomic E-state index is 10.9. The Balaban J connectivity index is 3.49. The van der Waals surface area contributed by atoms with E-state index in [-0.39, 0.29) is 5.56 Å². The first-order chi connectivity index (χ1) is 7.02. The van der Waals surface area contributed by atoms with Crippen LogP contribution in [0.5, 0.6) is 11.5 Å². The summed E-state index contributed by atoms with van der Waals surface area (Å²) in [6.45, 7) is 1.76. The average Bonchev–Trinajstić information content (AvgIpc) is 2.21. The van der Waals surface area contributed by atoms with Crippen molar-refractivity contribution in [1.29, 1.82) is 0 Å². The summed E-state index contributed by atoms with van der Waals surface area (Å²) in [5, 5.41) is 8.95. The minimum Gasteiger partial charge on any atom is -0.493 e. The van der Waals surface area contributed by atoms with Crippen LogP contribution in [0.2, 0.25) is 0 Å². The van der Waals surface area contributed by atoms with Crippen LogP contribution in [0.4, 0.5) is 0 Å². The van der Waals surface area contributed by atoms with Gasteiger partial charge in [-0.2, -0.15) is 0 Å². The lowest BCUT2D eigenvalue weighted by molar-refractivity contribution is 0.0695. The van der Waals surface area contributed by atoms with E-state index < -0.39 is 5.97 Å². The van der Waals surface area contributed by atoms with Gasteiger partial charge in [0.25, 0.3) is 0 Å². The molecule has 1 rings (SSSR count). The van der Waals surface area contributed by atoms with Crippen molar-refractivity contribution < 1.29 is 19.4 Å². The van der Waals surface area contributed by atoms with Crippen LogP contribution < -0.4 is 9.47 Å². The smallest absolute Gasteiger partial charge is 0.336 e. The van der Waals surface area contributed by atoms with Crippen LogP contribution in [0.25, 0.3) is 0 Å². The molecule has 0 aliphatic carbocycles. The molecule has 1 aromatic rings. The highest BCUT2D eigenvalue weighted by Gasteiger charge is 2.18. The van der Waals surface area contributed by atoms with Crippen LogP contribution in [-0.2, 0) is 0 Å². The van der Waals surface area contributed by atoms with E-state index in [4.69, 9.17) is 14.6 Å². The summed E-state index contributed by atoms with van der Waals surface area (Å²) in [4.78, 5) is 10.9. The molecule has 82 valence electrons. The lowest BCUT2D eigenvalue weighted by Crippen LogP contribution is -2.02. The van der Waals surface area contributed by atoms with Crippen molar-refractivity contribution >= 4 is 21.9 Å². The molecule has 0 radical (unpaired) electrons. The quantitative estimate of drug-likeness (QED) is 0.920. The molecule has 5 heteroatoms. The van der Waals surface area contributed by atoms with E-state index in [0.717, 1.165) is 0 Å². The van der Waals surface area contributed by atoms with Crippen molar-refractivity contribution in [3.05, 3.63) is 21.7 Å². The Morgan fingerprint density at radius 2 is 2.00 bits per heavy atom. The summed E-state index contributed by atoms with van der Waals surface area (Å²) in [5.74, 6) is -0.0593. The zero-order valence-electron chi connectivity index (χ0n) is 8.63. The minimum atomic E-state index is -1.01. The lowest BCUT2D eigenvalue weighted by Gasteiger charge is -2.13. The number of ether oxygens (including phenoxy) is 2. The summed E-state index contributed by atoms with van der Waals surface area (Å²) in [6.07, 6.45) is 0. The van der Waals surface area contributed by atoms with Gasteiger partial charge >= 0.3 is 5.97 Å². The van der Waals surface area contributed by atoms with E-state index in [9.17, 15) is 4.79 Å². The van der Waals surface area contributed by atoms with E-state index in [1.54, 1.807) is 6.92 Å². The van der Waals surface area contributed by atoms with Gasteiger partial charge in [-0.1, -0.05) is 0 Å². The number of rotatable bonds is 3. The molecule has 0 aliphatic rings. The minimum absolute atomic E-state index is 0.158. The summed E-state index contributed by atoms with van der Waals surface area (Å²) in [5.41, 5.74) is 0.861.